The quantitative estimate of drug-likeness (QED) is 0.589. The highest BCUT2D eigenvalue weighted by Gasteiger charge is 2.43. The zero-order valence-corrected chi connectivity index (χ0v) is 19.1. The second-order valence-electron chi connectivity index (χ2n) is 8.58. The van der Waals surface area contributed by atoms with Gasteiger partial charge in [-0.05, 0) is 36.3 Å². The fourth-order valence-corrected chi connectivity index (χ4v) is 4.72. The van der Waals surface area contributed by atoms with E-state index in [9.17, 15) is 31.6 Å². The van der Waals surface area contributed by atoms with Gasteiger partial charge in [-0.15, -0.1) is 0 Å². The monoisotopic (exact) mass is 506 g/mol. The third kappa shape index (κ3) is 4.71. The highest BCUT2D eigenvalue weighted by atomic mass is 19.4. The lowest BCUT2D eigenvalue weighted by molar-refractivity contribution is -0.890. The van der Waals surface area contributed by atoms with Crippen molar-refractivity contribution in [3.8, 4) is 6.07 Å². The summed E-state index contributed by atoms with van der Waals surface area (Å²) in [5, 5.41) is 9.81. The largest absolute Gasteiger partial charge is 0.440 e. The van der Waals surface area contributed by atoms with Crippen molar-refractivity contribution in [1.82, 2.24) is 0 Å². The SMILES string of the molecule is CC[NH+]1CC2=C(OC(N)=C(C#N)[C@@H]2c2ccccc2C(F)(F)F)/C(=C/c2ccccc2C(F)(F)F)C1. The summed E-state index contributed by atoms with van der Waals surface area (Å²) >= 11 is 0. The Bertz CT molecular complexity index is 1310. The molecule has 2 aromatic carbocycles. The third-order valence-corrected chi connectivity index (χ3v) is 6.37. The van der Waals surface area contributed by atoms with Crippen LogP contribution in [0.3, 0.4) is 0 Å². The van der Waals surface area contributed by atoms with Crippen molar-refractivity contribution >= 4 is 6.08 Å². The van der Waals surface area contributed by atoms with E-state index in [0.29, 0.717) is 17.7 Å². The minimum Gasteiger partial charge on any atom is -0.440 e. The van der Waals surface area contributed by atoms with Crippen molar-refractivity contribution in [2.45, 2.75) is 25.2 Å². The van der Waals surface area contributed by atoms with E-state index in [0.717, 1.165) is 17.0 Å². The van der Waals surface area contributed by atoms with Crippen LogP contribution in [0.4, 0.5) is 26.3 Å². The number of rotatable bonds is 3. The first-order chi connectivity index (χ1) is 17.0. The van der Waals surface area contributed by atoms with Gasteiger partial charge in [0.1, 0.15) is 30.5 Å². The maximum absolute atomic E-state index is 13.9. The summed E-state index contributed by atoms with van der Waals surface area (Å²) in [7, 11) is 0. The van der Waals surface area contributed by atoms with Gasteiger partial charge < -0.3 is 15.4 Å². The average molecular weight is 506 g/mol. The molecule has 0 spiro atoms. The Kier molecular flexibility index (Phi) is 6.62. The Balaban J connectivity index is 1.96. The first kappa shape index (κ1) is 25.4. The maximum Gasteiger partial charge on any atom is 0.416 e. The van der Waals surface area contributed by atoms with Gasteiger partial charge in [0.15, 0.2) is 0 Å². The molecule has 2 aromatic rings. The van der Waals surface area contributed by atoms with Gasteiger partial charge in [-0.2, -0.15) is 31.6 Å². The first-order valence-corrected chi connectivity index (χ1v) is 11.1. The summed E-state index contributed by atoms with van der Waals surface area (Å²) in [4.78, 5) is 0.889. The summed E-state index contributed by atoms with van der Waals surface area (Å²) in [5.74, 6) is -1.41. The van der Waals surface area contributed by atoms with Crippen LogP contribution < -0.4 is 10.6 Å². The van der Waals surface area contributed by atoms with E-state index in [-0.39, 0.29) is 41.4 Å². The molecule has 4 rings (SSSR count). The molecule has 3 N–H and O–H groups in total. The van der Waals surface area contributed by atoms with Crippen molar-refractivity contribution < 1.29 is 36.0 Å². The highest BCUT2D eigenvalue weighted by Crippen LogP contribution is 2.46. The van der Waals surface area contributed by atoms with Crippen LogP contribution in [-0.4, -0.2) is 19.6 Å². The Morgan fingerprint density at radius 3 is 2.22 bits per heavy atom. The summed E-state index contributed by atoms with van der Waals surface area (Å²) in [5.41, 5.74) is 4.55. The van der Waals surface area contributed by atoms with Gasteiger partial charge in [0, 0.05) is 11.1 Å². The van der Waals surface area contributed by atoms with Crippen LogP contribution in [-0.2, 0) is 17.1 Å². The van der Waals surface area contributed by atoms with Gasteiger partial charge in [-0.1, -0.05) is 36.4 Å². The summed E-state index contributed by atoms with van der Waals surface area (Å²) in [6, 6.07) is 11.8. The number of hydrogen-bond donors (Lipinski definition) is 2. The molecule has 2 aliphatic heterocycles. The fourth-order valence-electron chi connectivity index (χ4n) is 4.72. The molecule has 0 radical (unpaired) electrons. The molecule has 2 heterocycles. The van der Waals surface area contributed by atoms with Crippen LogP contribution in [0.2, 0.25) is 0 Å². The predicted molar refractivity (Wildman–Crippen MR) is 120 cm³/mol. The first-order valence-electron chi connectivity index (χ1n) is 11.1. The molecule has 0 aliphatic carbocycles. The van der Waals surface area contributed by atoms with Crippen LogP contribution in [0, 0.1) is 11.3 Å². The van der Waals surface area contributed by atoms with E-state index in [1.54, 1.807) is 0 Å². The lowest BCUT2D eigenvalue weighted by Crippen LogP contribution is -3.12. The van der Waals surface area contributed by atoms with E-state index >= 15 is 0 Å². The van der Waals surface area contributed by atoms with Gasteiger partial charge in [-0.25, -0.2) is 0 Å². The van der Waals surface area contributed by atoms with Crippen LogP contribution in [0.5, 0.6) is 0 Å². The molecule has 0 fully saturated rings. The van der Waals surface area contributed by atoms with Crippen molar-refractivity contribution in [2.24, 2.45) is 5.73 Å². The topological polar surface area (TPSA) is 63.5 Å². The lowest BCUT2D eigenvalue weighted by Gasteiger charge is -2.36. The molecule has 36 heavy (non-hydrogen) atoms. The summed E-state index contributed by atoms with van der Waals surface area (Å²) < 4.78 is 88.4. The number of benzene rings is 2. The number of halogens is 6. The Labute approximate surface area is 203 Å². The molecule has 0 aromatic heterocycles. The average Bonchev–Trinajstić information content (AvgIpc) is 2.82. The van der Waals surface area contributed by atoms with E-state index in [2.05, 4.69) is 0 Å². The van der Waals surface area contributed by atoms with Gasteiger partial charge in [0.2, 0.25) is 5.88 Å². The zero-order valence-electron chi connectivity index (χ0n) is 19.1. The number of hydrogen-bond acceptors (Lipinski definition) is 3. The second-order valence-corrected chi connectivity index (χ2v) is 8.58. The lowest BCUT2D eigenvalue weighted by atomic mass is 9.78. The molecule has 4 nitrogen and oxygen atoms in total. The van der Waals surface area contributed by atoms with Crippen molar-refractivity contribution in [1.29, 1.82) is 5.26 Å². The zero-order chi connectivity index (χ0) is 26.3. The van der Waals surface area contributed by atoms with Gasteiger partial charge >= 0.3 is 12.4 Å². The fraction of sp³-hybridized carbons (Fsp3) is 0.269. The molecule has 2 atom stereocenters. The van der Waals surface area contributed by atoms with Crippen molar-refractivity contribution in [3.63, 3.8) is 0 Å². The molecule has 0 amide bonds. The minimum atomic E-state index is -4.69. The predicted octanol–water partition coefficient (Wildman–Crippen LogP) is 4.79. The van der Waals surface area contributed by atoms with E-state index < -0.39 is 29.4 Å². The number of allylic oxidation sites excluding steroid dienone is 1. The molecule has 188 valence electrons. The standard InChI is InChI=1S/C26H21F6N3O/c1-2-35-13-16(11-15-7-3-5-9-20(15)25(27,28)29)23-19(14-35)22(18(12-33)24(34)36-23)17-8-4-6-10-21(17)26(30,31)32/h3-11,22H,2,13-14,34H2,1H3/p+1/b16-11+/t22-/m0/s1. The van der Waals surface area contributed by atoms with E-state index in [1.165, 1.54) is 42.5 Å². The Morgan fingerprint density at radius 2 is 1.61 bits per heavy atom. The number of nitrogens with one attached hydrogen (secondary N) is 1. The van der Waals surface area contributed by atoms with Crippen LogP contribution >= 0.6 is 0 Å². The molecule has 10 heteroatoms. The van der Waals surface area contributed by atoms with E-state index in [1.807, 2.05) is 13.0 Å². The maximum atomic E-state index is 13.9. The number of ether oxygens (including phenoxy) is 1. The minimum absolute atomic E-state index is 0.103. The molecular formula is C26H22F6N3O+. The Hall–Kier alpha value is -3.71. The van der Waals surface area contributed by atoms with E-state index in [4.69, 9.17) is 10.5 Å². The molecule has 0 saturated carbocycles. The number of alkyl halides is 6. The number of nitrogens with zero attached hydrogens (tertiary/aromatic N) is 1. The van der Waals surface area contributed by atoms with Gasteiger partial charge in [0.05, 0.1) is 23.6 Å². The number of likely N-dealkylation sites (N-methyl/N-ethyl adjacent to an activating group) is 1. The van der Waals surface area contributed by atoms with Gasteiger partial charge in [-0.3, -0.25) is 0 Å². The number of quaternary nitrogens is 1. The molecule has 2 aliphatic rings. The van der Waals surface area contributed by atoms with Crippen LogP contribution in [0.15, 0.2) is 76.9 Å². The highest BCUT2D eigenvalue weighted by molar-refractivity contribution is 5.64. The van der Waals surface area contributed by atoms with Crippen LogP contribution in [0.1, 0.15) is 35.1 Å². The molecule has 1 unspecified atom stereocenters. The Morgan fingerprint density at radius 1 is 1.00 bits per heavy atom. The molecule has 0 saturated heterocycles. The van der Waals surface area contributed by atoms with Crippen molar-refractivity contribution in [2.75, 3.05) is 19.6 Å². The van der Waals surface area contributed by atoms with Gasteiger partial charge in [0.25, 0.3) is 0 Å². The summed E-state index contributed by atoms with van der Waals surface area (Å²) in [6.07, 6.45) is -7.96. The summed E-state index contributed by atoms with van der Waals surface area (Å²) in [6.45, 7) is 2.91. The molecule has 0 bridgehead atoms. The normalized spacial score (nSPS) is 21.8. The molecular weight excluding hydrogens is 484 g/mol. The van der Waals surface area contributed by atoms with Crippen molar-refractivity contribution in [3.05, 3.63) is 99.1 Å². The number of nitriles is 1. The third-order valence-electron chi connectivity index (χ3n) is 6.37. The smallest absolute Gasteiger partial charge is 0.416 e. The number of nitrogens with two attached hydrogens (primary N) is 1. The van der Waals surface area contributed by atoms with Crippen LogP contribution in [0.25, 0.3) is 6.08 Å². The second kappa shape index (κ2) is 9.39.